The molecule has 0 aliphatic rings. The maximum Gasteiger partial charge on any atom is 0.348 e. The van der Waals surface area contributed by atoms with Crippen LogP contribution in [0.2, 0.25) is 5.15 Å². The summed E-state index contributed by atoms with van der Waals surface area (Å²) in [7, 11) is 0. The second-order valence-electron chi connectivity index (χ2n) is 4.17. The maximum atomic E-state index is 11.5. The van der Waals surface area contributed by atoms with Gasteiger partial charge in [0.25, 0.3) is 0 Å². The van der Waals surface area contributed by atoms with Gasteiger partial charge in [-0.15, -0.1) is 0 Å². The van der Waals surface area contributed by atoms with Crippen LogP contribution in [0.1, 0.15) is 26.7 Å². The normalized spacial score (nSPS) is 11.8. The van der Waals surface area contributed by atoms with Crippen molar-refractivity contribution in [1.82, 2.24) is 15.3 Å². The minimum atomic E-state index is -0.663. The van der Waals surface area contributed by atoms with Gasteiger partial charge in [-0.2, -0.15) is 0 Å². The Kier molecular flexibility index (Phi) is 6.10. The van der Waals surface area contributed by atoms with Crippen LogP contribution in [0, 0.1) is 10.1 Å². The third-order valence-electron chi connectivity index (χ3n) is 2.62. The summed E-state index contributed by atoms with van der Waals surface area (Å²) in [6.07, 6.45) is 2.15. The van der Waals surface area contributed by atoms with Gasteiger partial charge in [0.15, 0.2) is 0 Å². The predicted octanol–water partition coefficient (Wildman–Crippen LogP) is 1.75. The second-order valence-corrected chi connectivity index (χ2v) is 4.53. The predicted molar refractivity (Wildman–Crippen MR) is 74.7 cm³/mol. The van der Waals surface area contributed by atoms with Crippen LogP contribution < -0.4 is 10.6 Å². The molecule has 1 rings (SSSR count). The summed E-state index contributed by atoms with van der Waals surface area (Å²) in [5, 5.41) is 16.1. The molecule has 110 valence electrons. The molecule has 0 radical (unpaired) electrons. The summed E-state index contributed by atoms with van der Waals surface area (Å²) in [5.41, 5.74) is -0.392. The number of nitrogens with zero attached hydrogens (tertiary/aromatic N) is 3. The van der Waals surface area contributed by atoms with Gasteiger partial charge in [0.05, 0.1) is 4.92 Å². The largest absolute Gasteiger partial charge is 0.364 e. The molecule has 1 aromatic rings. The number of carbonyl (C=O) groups is 1. The Balaban J connectivity index is 2.57. The van der Waals surface area contributed by atoms with Crippen LogP contribution >= 0.6 is 11.6 Å². The molecular formula is C11H16ClN5O3. The highest BCUT2D eigenvalue weighted by Gasteiger charge is 2.21. The Morgan fingerprint density at radius 2 is 2.25 bits per heavy atom. The number of rotatable bonds is 7. The van der Waals surface area contributed by atoms with Gasteiger partial charge in [-0.1, -0.05) is 18.5 Å². The third-order valence-corrected chi connectivity index (χ3v) is 2.90. The molecule has 1 aromatic heterocycles. The van der Waals surface area contributed by atoms with Crippen LogP contribution in [0.3, 0.4) is 0 Å². The average molecular weight is 302 g/mol. The van der Waals surface area contributed by atoms with Crippen molar-refractivity contribution >= 4 is 29.0 Å². The fourth-order valence-corrected chi connectivity index (χ4v) is 1.59. The molecule has 1 unspecified atom stereocenters. The summed E-state index contributed by atoms with van der Waals surface area (Å²) < 4.78 is 0. The van der Waals surface area contributed by atoms with Crippen molar-refractivity contribution in [3.63, 3.8) is 0 Å². The van der Waals surface area contributed by atoms with E-state index in [0.29, 0.717) is 0 Å². The van der Waals surface area contributed by atoms with Crippen molar-refractivity contribution in [2.45, 2.75) is 32.7 Å². The van der Waals surface area contributed by atoms with E-state index in [-0.39, 0.29) is 35.9 Å². The number of nitro groups is 1. The zero-order valence-electron chi connectivity index (χ0n) is 11.2. The van der Waals surface area contributed by atoms with Gasteiger partial charge in [0.2, 0.25) is 16.9 Å². The SMILES string of the molecule is CCC(C)NC(=O)CCNc1ncnc(Cl)c1[N+](=O)[O-]. The number of amides is 1. The van der Waals surface area contributed by atoms with E-state index in [1.54, 1.807) is 0 Å². The molecule has 0 saturated heterocycles. The van der Waals surface area contributed by atoms with Crippen LogP contribution in [0.4, 0.5) is 11.5 Å². The molecule has 0 bridgehead atoms. The molecular weight excluding hydrogens is 286 g/mol. The summed E-state index contributed by atoms with van der Waals surface area (Å²) in [4.78, 5) is 29.0. The number of hydrogen-bond acceptors (Lipinski definition) is 6. The van der Waals surface area contributed by atoms with Crippen LogP contribution in [-0.2, 0) is 4.79 Å². The maximum absolute atomic E-state index is 11.5. The summed E-state index contributed by atoms with van der Waals surface area (Å²) in [6, 6.07) is 0.102. The van der Waals surface area contributed by atoms with Gasteiger partial charge in [-0.3, -0.25) is 14.9 Å². The first-order valence-corrected chi connectivity index (χ1v) is 6.51. The van der Waals surface area contributed by atoms with Crippen molar-refractivity contribution in [1.29, 1.82) is 0 Å². The molecule has 8 nitrogen and oxygen atoms in total. The molecule has 1 atom stereocenters. The summed E-state index contributed by atoms with van der Waals surface area (Å²) in [6.45, 7) is 4.09. The Bertz CT molecular complexity index is 497. The monoisotopic (exact) mass is 301 g/mol. The Hall–Kier alpha value is -1.96. The smallest absolute Gasteiger partial charge is 0.348 e. The fraction of sp³-hybridized carbons (Fsp3) is 0.545. The number of aromatic nitrogens is 2. The van der Waals surface area contributed by atoms with Crippen molar-refractivity contribution in [3.8, 4) is 0 Å². The van der Waals surface area contributed by atoms with E-state index in [2.05, 4.69) is 20.6 Å². The quantitative estimate of drug-likeness (QED) is 0.451. The van der Waals surface area contributed by atoms with Crippen LogP contribution in [0.5, 0.6) is 0 Å². The van der Waals surface area contributed by atoms with Gasteiger partial charge >= 0.3 is 5.69 Å². The van der Waals surface area contributed by atoms with Gasteiger partial charge in [0.1, 0.15) is 6.33 Å². The molecule has 0 aliphatic heterocycles. The van der Waals surface area contributed by atoms with Gasteiger partial charge < -0.3 is 10.6 Å². The lowest BCUT2D eigenvalue weighted by Crippen LogP contribution is -2.33. The van der Waals surface area contributed by atoms with E-state index in [1.807, 2.05) is 13.8 Å². The van der Waals surface area contributed by atoms with E-state index < -0.39 is 10.6 Å². The van der Waals surface area contributed by atoms with Gasteiger partial charge in [0, 0.05) is 19.0 Å². The van der Waals surface area contributed by atoms with E-state index in [9.17, 15) is 14.9 Å². The molecule has 1 amide bonds. The van der Waals surface area contributed by atoms with E-state index in [0.717, 1.165) is 12.7 Å². The highest BCUT2D eigenvalue weighted by molar-refractivity contribution is 6.31. The Morgan fingerprint density at radius 3 is 2.85 bits per heavy atom. The lowest BCUT2D eigenvalue weighted by atomic mass is 10.2. The zero-order chi connectivity index (χ0) is 15.1. The van der Waals surface area contributed by atoms with E-state index in [4.69, 9.17) is 11.6 Å². The Morgan fingerprint density at radius 1 is 1.55 bits per heavy atom. The minimum Gasteiger partial charge on any atom is -0.364 e. The molecule has 1 heterocycles. The molecule has 9 heteroatoms. The van der Waals surface area contributed by atoms with Crippen LogP contribution in [0.15, 0.2) is 6.33 Å². The lowest BCUT2D eigenvalue weighted by Gasteiger charge is -2.11. The first-order chi connectivity index (χ1) is 9.45. The van der Waals surface area contributed by atoms with Gasteiger partial charge in [-0.25, -0.2) is 9.97 Å². The van der Waals surface area contributed by atoms with Crippen LogP contribution in [-0.4, -0.2) is 33.4 Å². The van der Waals surface area contributed by atoms with E-state index >= 15 is 0 Å². The summed E-state index contributed by atoms with van der Waals surface area (Å²) >= 11 is 5.64. The van der Waals surface area contributed by atoms with Crippen molar-refractivity contribution < 1.29 is 9.72 Å². The zero-order valence-corrected chi connectivity index (χ0v) is 12.0. The number of carbonyl (C=O) groups excluding carboxylic acids is 1. The minimum absolute atomic E-state index is 0.00587. The first kappa shape index (κ1) is 16.1. The van der Waals surface area contributed by atoms with Crippen molar-refractivity contribution in [2.24, 2.45) is 0 Å². The number of nitrogens with one attached hydrogen (secondary N) is 2. The second kappa shape index (κ2) is 7.59. The van der Waals surface area contributed by atoms with Crippen molar-refractivity contribution in [3.05, 3.63) is 21.6 Å². The highest BCUT2D eigenvalue weighted by atomic mass is 35.5. The van der Waals surface area contributed by atoms with E-state index in [1.165, 1.54) is 0 Å². The lowest BCUT2D eigenvalue weighted by molar-refractivity contribution is -0.384. The molecule has 20 heavy (non-hydrogen) atoms. The molecule has 2 N–H and O–H groups in total. The molecule has 0 fully saturated rings. The van der Waals surface area contributed by atoms with Gasteiger partial charge in [-0.05, 0) is 13.3 Å². The first-order valence-electron chi connectivity index (χ1n) is 6.13. The Labute approximate surface area is 121 Å². The topological polar surface area (TPSA) is 110 Å². The number of halogens is 1. The number of anilines is 1. The average Bonchev–Trinajstić information content (AvgIpc) is 2.38. The standard InChI is InChI=1S/C11H16ClN5O3/c1-3-7(2)16-8(18)4-5-13-11-9(17(19)20)10(12)14-6-15-11/h6-7H,3-5H2,1-2H3,(H,16,18)(H,13,14,15). The van der Waals surface area contributed by atoms with Crippen LogP contribution in [0.25, 0.3) is 0 Å². The summed E-state index contributed by atoms with van der Waals surface area (Å²) in [5.74, 6) is -0.124. The third kappa shape index (κ3) is 4.61. The highest BCUT2D eigenvalue weighted by Crippen LogP contribution is 2.27. The number of hydrogen-bond donors (Lipinski definition) is 2. The molecule has 0 aromatic carbocycles. The van der Waals surface area contributed by atoms with Crippen molar-refractivity contribution in [2.75, 3.05) is 11.9 Å². The molecule has 0 saturated carbocycles. The molecule has 0 spiro atoms. The fourth-order valence-electron chi connectivity index (χ4n) is 1.39. The molecule has 0 aliphatic carbocycles.